The van der Waals surface area contributed by atoms with E-state index in [9.17, 15) is 10.2 Å². The average Bonchev–Trinajstić information content (AvgIpc) is 3.63. The number of phenols is 2. The molecule has 4 unspecified atom stereocenters. The summed E-state index contributed by atoms with van der Waals surface area (Å²) in [7, 11) is 0. The van der Waals surface area contributed by atoms with Crippen LogP contribution in [0.2, 0.25) is 30.1 Å². The van der Waals surface area contributed by atoms with Crippen molar-refractivity contribution in [2.24, 2.45) is 0 Å². The van der Waals surface area contributed by atoms with Crippen LogP contribution in [0.4, 0.5) is 0 Å². The Morgan fingerprint density at radius 3 is 1.84 bits per heavy atom. The first-order valence-electron chi connectivity index (χ1n) is 8.59. The number of benzene rings is 2. The van der Waals surface area contributed by atoms with Crippen LogP contribution in [0.25, 0.3) is 11.1 Å². The third-order valence-corrected chi connectivity index (χ3v) is 8.52. The molecule has 2 N–H and O–H groups in total. The van der Waals surface area contributed by atoms with Crippen LogP contribution < -0.4 is 0 Å². The first kappa shape index (κ1) is 23.0. The number of phenolic OH excluding ortho intramolecular Hbond substituents is 2. The summed E-state index contributed by atoms with van der Waals surface area (Å²) in [4.78, 5) is 0. The fourth-order valence-corrected chi connectivity index (χ4v) is 5.74. The molecular weight excluding hydrogens is 580 g/mol. The van der Waals surface area contributed by atoms with Gasteiger partial charge in [0.05, 0.1) is 21.7 Å². The maximum Gasteiger partial charge on any atom is 0.247 e. The highest BCUT2D eigenvalue weighted by Crippen LogP contribution is 2.63. The lowest BCUT2D eigenvalue weighted by atomic mass is 9.89. The second-order valence-electron chi connectivity index (χ2n) is 7.10. The molecule has 0 spiro atoms. The fourth-order valence-electron chi connectivity index (χ4n) is 3.77. The van der Waals surface area contributed by atoms with E-state index in [4.69, 9.17) is 107 Å². The topological polar surface area (TPSA) is 74.8 Å². The molecule has 0 saturated carbocycles. The number of epoxide rings is 2. The average molecular weight is 588 g/mol. The minimum atomic E-state index is -1.69. The van der Waals surface area contributed by atoms with Crippen molar-refractivity contribution in [2.45, 2.75) is 28.9 Å². The Kier molecular flexibility index (Phi) is 5.66. The van der Waals surface area contributed by atoms with Gasteiger partial charge in [-0.15, -0.1) is 0 Å². The Hall–Kier alpha value is 0.240. The molecule has 2 aromatic carbocycles. The largest absolute Gasteiger partial charge is 0.506 e. The molecule has 0 bridgehead atoms. The molecule has 5 rings (SSSR count). The minimum absolute atomic E-state index is 0.0527. The molecule has 0 aliphatic carbocycles. The minimum Gasteiger partial charge on any atom is -0.506 e. The van der Waals surface area contributed by atoms with Gasteiger partial charge >= 0.3 is 0 Å². The van der Waals surface area contributed by atoms with Crippen LogP contribution in [0.5, 0.6) is 11.5 Å². The van der Waals surface area contributed by atoms with Gasteiger partial charge in [0, 0.05) is 22.3 Å². The summed E-state index contributed by atoms with van der Waals surface area (Å²) < 4.78 is 15.2. The Bertz CT molecular complexity index is 1120. The summed E-state index contributed by atoms with van der Waals surface area (Å²) in [5, 5.41) is 19.9. The van der Waals surface area contributed by atoms with Crippen molar-refractivity contribution in [1.29, 1.82) is 0 Å². The summed E-state index contributed by atoms with van der Waals surface area (Å²) >= 11 is 50.8. The fraction of sp³-hybridized carbons (Fsp3) is 0.333. The highest BCUT2D eigenvalue weighted by Gasteiger charge is 2.61. The lowest BCUT2D eigenvalue weighted by molar-refractivity contribution is 0.0469. The number of hydrogen-bond acceptors (Lipinski definition) is 5. The molecule has 2 saturated heterocycles. The van der Waals surface area contributed by atoms with Crippen molar-refractivity contribution in [1.82, 2.24) is 0 Å². The lowest BCUT2D eigenvalue weighted by Crippen LogP contribution is -2.27. The molecule has 3 aliphatic rings. The zero-order chi connectivity index (χ0) is 22.6. The standard InChI is InChI=1S/C18H8Cl8O5/c19-7-3(5-8(20)11(23)14(28)12(24)9(5)21)4-6(13(27)10(7)22)15-2(30-15)1-29-18(25,26)17-16(4)31-17/h2,15-17,27-28H,1H2. The number of aromatic hydroxyl groups is 2. The van der Waals surface area contributed by atoms with Gasteiger partial charge in [-0.3, -0.25) is 0 Å². The second-order valence-corrected chi connectivity index (χ2v) is 10.7. The molecule has 31 heavy (non-hydrogen) atoms. The Labute approximate surface area is 215 Å². The van der Waals surface area contributed by atoms with Gasteiger partial charge in [0.1, 0.15) is 45.2 Å². The zero-order valence-corrected chi connectivity index (χ0v) is 20.7. The van der Waals surface area contributed by atoms with Crippen molar-refractivity contribution in [3.63, 3.8) is 0 Å². The van der Waals surface area contributed by atoms with Crippen LogP contribution in [0.1, 0.15) is 23.3 Å². The van der Waals surface area contributed by atoms with Crippen LogP contribution in [0.15, 0.2) is 0 Å². The maximum absolute atomic E-state index is 10.8. The van der Waals surface area contributed by atoms with E-state index in [-0.39, 0.29) is 53.6 Å². The lowest BCUT2D eigenvalue weighted by Gasteiger charge is -2.21. The summed E-state index contributed by atoms with van der Waals surface area (Å²) in [5.41, 5.74) is 0.929. The van der Waals surface area contributed by atoms with E-state index in [0.29, 0.717) is 11.1 Å². The first-order valence-corrected chi connectivity index (χ1v) is 11.6. The van der Waals surface area contributed by atoms with E-state index < -0.39 is 34.7 Å². The molecule has 3 aliphatic heterocycles. The Morgan fingerprint density at radius 1 is 0.677 bits per heavy atom. The third kappa shape index (κ3) is 3.40. The van der Waals surface area contributed by atoms with Crippen LogP contribution in [-0.4, -0.2) is 33.5 Å². The van der Waals surface area contributed by atoms with Crippen molar-refractivity contribution in [3.8, 4) is 22.6 Å². The summed E-state index contributed by atoms with van der Waals surface area (Å²) in [6.07, 6.45) is -2.62. The van der Waals surface area contributed by atoms with Gasteiger partial charge < -0.3 is 24.4 Å². The van der Waals surface area contributed by atoms with Crippen molar-refractivity contribution in [3.05, 3.63) is 41.3 Å². The van der Waals surface area contributed by atoms with Gasteiger partial charge in [-0.2, -0.15) is 0 Å². The van der Waals surface area contributed by atoms with Crippen molar-refractivity contribution < 1.29 is 24.4 Å². The van der Waals surface area contributed by atoms with Crippen molar-refractivity contribution >= 4 is 92.8 Å². The number of alkyl halides is 2. The normalized spacial score (nSPS) is 28.0. The third-order valence-electron chi connectivity index (χ3n) is 5.34. The predicted molar refractivity (Wildman–Crippen MR) is 121 cm³/mol. The van der Waals surface area contributed by atoms with Crippen LogP contribution >= 0.6 is 92.8 Å². The molecule has 4 atom stereocenters. The molecule has 3 heterocycles. The predicted octanol–water partition coefficient (Wildman–Crippen LogP) is 7.73. The molecule has 166 valence electrons. The molecule has 0 radical (unpaired) electrons. The molecule has 13 heteroatoms. The highest BCUT2D eigenvalue weighted by atomic mass is 35.5. The van der Waals surface area contributed by atoms with Crippen LogP contribution in [0, 0.1) is 0 Å². The van der Waals surface area contributed by atoms with Gasteiger partial charge in [-0.05, 0) is 0 Å². The SMILES string of the molecule is Oc1c(Cl)c(Cl)c(-c2c(Cl)c(Cl)c(O)c3c2C2OC2C(Cl)(Cl)OCC2OC32)c(Cl)c1Cl. The smallest absolute Gasteiger partial charge is 0.247 e. The monoisotopic (exact) mass is 584 g/mol. The Balaban J connectivity index is 1.88. The van der Waals surface area contributed by atoms with Crippen molar-refractivity contribution in [2.75, 3.05) is 6.61 Å². The molecule has 2 aromatic rings. The molecule has 2 fully saturated rings. The maximum atomic E-state index is 10.8. The van der Waals surface area contributed by atoms with E-state index in [1.807, 2.05) is 0 Å². The molecule has 5 nitrogen and oxygen atoms in total. The van der Waals surface area contributed by atoms with Crippen LogP contribution in [0.3, 0.4) is 0 Å². The van der Waals surface area contributed by atoms with E-state index in [0.717, 1.165) is 0 Å². The Morgan fingerprint density at radius 2 is 1.23 bits per heavy atom. The second kappa shape index (κ2) is 7.62. The van der Waals surface area contributed by atoms with Gasteiger partial charge in [0.25, 0.3) is 0 Å². The quantitative estimate of drug-likeness (QED) is 0.203. The highest BCUT2D eigenvalue weighted by molar-refractivity contribution is 6.53. The van der Waals surface area contributed by atoms with Gasteiger partial charge in [0.15, 0.2) is 5.75 Å². The van der Waals surface area contributed by atoms with E-state index in [1.54, 1.807) is 0 Å². The molecule has 0 aromatic heterocycles. The number of halogens is 8. The number of fused-ring (bicyclic) bond motifs is 5. The number of rotatable bonds is 1. The first-order chi connectivity index (χ1) is 14.5. The number of ether oxygens (including phenoxy) is 3. The summed E-state index contributed by atoms with van der Waals surface area (Å²) in [5.74, 6) is -0.796. The van der Waals surface area contributed by atoms with E-state index in [2.05, 4.69) is 0 Å². The van der Waals surface area contributed by atoms with Gasteiger partial charge in [0.2, 0.25) is 4.52 Å². The summed E-state index contributed by atoms with van der Waals surface area (Å²) in [6.45, 7) is 0.0527. The summed E-state index contributed by atoms with van der Waals surface area (Å²) in [6, 6.07) is 0. The zero-order valence-electron chi connectivity index (χ0n) is 14.7. The van der Waals surface area contributed by atoms with Gasteiger partial charge in [-0.1, -0.05) is 92.8 Å². The van der Waals surface area contributed by atoms with Crippen LogP contribution in [-0.2, 0) is 14.2 Å². The van der Waals surface area contributed by atoms with E-state index in [1.165, 1.54) is 0 Å². The molecule has 0 amide bonds. The van der Waals surface area contributed by atoms with Gasteiger partial charge in [-0.25, -0.2) is 0 Å². The van der Waals surface area contributed by atoms with E-state index >= 15 is 0 Å². The number of hydrogen-bond donors (Lipinski definition) is 2. The molecular formula is C18H8Cl8O5.